The first-order valence-corrected chi connectivity index (χ1v) is 7.10. The van der Waals surface area contributed by atoms with Gasteiger partial charge in [0.15, 0.2) is 6.04 Å². The van der Waals surface area contributed by atoms with Gasteiger partial charge in [-0.2, -0.15) is 0 Å². The highest BCUT2D eigenvalue weighted by atomic mass is 32.2. The van der Waals surface area contributed by atoms with E-state index in [1.165, 1.54) is 24.9 Å². The highest BCUT2D eigenvalue weighted by Crippen LogP contribution is 2.31. The molecule has 0 aromatic heterocycles. The van der Waals surface area contributed by atoms with Crippen molar-refractivity contribution < 1.29 is 24.2 Å². The summed E-state index contributed by atoms with van der Waals surface area (Å²) in [6, 6.07) is 3.72. The molecule has 0 saturated carbocycles. The highest BCUT2D eigenvalue weighted by molar-refractivity contribution is 8.00. The topological polar surface area (TPSA) is 105 Å². The lowest BCUT2D eigenvalue weighted by Crippen LogP contribution is -2.44. The van der Waals surface area contributed by atoms with Crippen LogP contribution in [0.15, 0.2) is 23.1 Å². The average Bonchev–Trinajstić information content (AvgIpc) is 2.50. The van der Waals surface area contributed by atoms with Gasteiger partial charge in [-0.25, -0.2) is 4.79 Å². The van der Waals surface area contributed by atoms with Crippen LogP contribution in [-0.4, -0.2) is 48.4 Å². The molecule has 1 aliphatic heterocycles. The van der Waals surface area contributed by atoms with Crippen LogP contribution in [-0.2, 0) is 14.3 Å². The molecule has 2 amide bonds. The molecule has 0 saturated heterocycles. The Morgan fingerprint density at radius 1 is 1.52 bits per heavy atom. The van der Waals surface area contributed by atoms with Crippen LogP contribution in [0.25, 0.3) is 0 Å². The van der Waals surface area contributed by atoms with Gasteiger partial charge in [-0.15, -0.1) is 11.8 Å². The summed E-state index contributed by atoms with van der Waals surface area (Å²) in [5.74, 6) is -1.06. The van der Waals surface area contributed by atoms with Gasteiger partial charge in [0, 0.05) is 10.5 Å². The lowest BCUT2D eigenvalue weighted by molar-refractivity contribution is -0.143. The fourth-order valence-corrected chi connectivity index (χ4v) is 2.58. The molecule has 0 bridgehead atoms. The summed E-state index contributed by atoms with van der Waals surface area (Å²) < 4.78 is 4.47. The zero-order valence-corrected chi connectivity index (χ0v) is 12.0. The Morgan fingerprint density at radius 3 is 2.95 bits per heavy atom. The normalized spacial score (nSPS) is 14.7. The van der Waals surface area contributed by atoms with Gasteiger partial charge in [0.2, 0.25) is 5.91 Å². The summed E-state index contributed by atoms with van der Waals surface area (Å²) in [6.07, 6.45) is 0. The van der Waals surface area contributed by atoms with Gasteiger partial charge < -0.3 is 20.5 Å². The number of fused-ring (bicyclic) bond motifs is 1. The first kappa shape index (κ1) is 15.3. The molecule has 0 spiro atoms. The van der Waals surface area contributed by atoms with Gasteiger partial charge in [-0.1, -0.05) is 0 Å². The number of aliphatic hydroxyl groups is 1. The van der Waals surface area contributed by atoms with Crippen molar-refractivity contribution >= 4 is 35.2 Å². The maximum Gasteiger partial charge on any atom is 0.330 e. The number of esters is 1. The van der Waals surface area contributed by atoms with Gasteiger partial charge in [-0.3, -0.25) is 9.59 Å². The molecule has 1 atom stereocenters. The van der Waals surface area contributed by atoms with Crippen molar-refractivity contribution in [1.29, 1.82) is 0 Å². The predicted molar refractivity (Wildman–Crippen MR) is 76.2 cm³/mol. The number of hydrogen-bond acceptors (Lipinski definition) is 6. The quantitative estimate of drug-likeness (QED) is 0.676. The van der Waals surface area contributed by atoms with E-state index in [-0.39, 0.29) is 11.5 Å². The summed E-state index contributed by atoms with van der Waals surface area (Å²) in [7, 11) is 1.17. The van der Waals surface area contributed by atoms with E-state index in [0.717, 1.165) is 4.90 Å². The Bertz CT molecular complexity index is 590. The fourth-order valence-electron chi connectivity index (χ4n) is 1.79. The largest absolute Gasteiger partial charge is 0.467 e. The molecule has 112 valence electrons. The average molecular weight is 310 g/mol. The molecule has 2 rings (SSSR count). The monoisotopic (exact) mass is 310 g/mol. The molecular formula is C13H14N2O5S. The molecule has 0 fully saturated rings. The van der Waals surface area contributed by atoms with E-state index in [4.69, 9.17) is 5.11 Å². The van der Waals surface area contributed by atoms with Crippen LogP contribution in [0, 0.1) is 0 Å². The molecule has 1 aromatic rings. The van der Waals surface area contributed by atoms with E-state index in [1.54, 1.807) is 12.1 Å². The van der Waals surface area contributed by atoms with Crippen molar-refractivity contribution in [2.75, 3.05) is 24.8 Å². The van der Waals surface area contributed by atoms with Crippen molar-refractivity contribution in [1.82, 2.24) is 5.32 Å². The molecule has 1 unspecified atom stereocenters. The second-order valence-corrected chi connectivity index (χ2v) is 5.30. The van der Waals surface area contributed by atoms with Gasteiger partial charge in [0.25, 0.3) is 5.91 Å². The van der Waals surface area contributed by atoms with Gasteiger partial charge in [0.1, 0.15) is 0 Å². The van der Waals surface area contributed by atoms with E-state index in [9.17, 15) is 14.4 Å². The van der Waals surface area contributed by atoms with Crippen molar-refractivity contribution in [3.8, 4) is 0 Å². The van der Waals surface area contributed by atoms with E-state index >= 15 is 0 Å². The first-order valence-electron chi connectivity index (χ1n) is 6.11. The number of anilines is 1. The molecule has 0 aliphatic carbocycles. The molecule has 7 nitrogen and oxygen atoms in total. The van der Waals surface area contributed by atoms with E-state index in [0.29, 0.717) is 11.4 Å². The number of thioether (sulfide) groups is 1. The van der Waals surface area contributed by atoms with E-state index in [1.807, 2.05) is 0 Å². The minimum absolute atomic E-state index is 0.132. The maximum absolute atomic E-state index is 12.1. The fraction of sp³-hybridized carbons (Fsp3) is 0.308. The minimum atomic E-state index is -1.12. The highest BCUT2D eigenvalue weighted by Gasteiger charge is 2.22. The third-order valence-electron chi connectivity index (χ3n) is 2.85. The molecular weight excluding hydrogens is 296 g/mol. The molecule has 0 radical (unpaired) electrons. The Labute approximate surface area is 125 Å². The third kappa shape index (κ3) is 3.53. The van der Waals surface area contributed by atoms with Crippen LogP contribution in [0.3, 0.4) is 0 Å². The lowest BCUT2D eigenvalue weighted by atomic mass is 10.1. The Kier molecular flexibility index (Phi) is 4.81. The van der Waals surface area contributed by atoms with Crippen molar-refractivity contribution in [2.45, 2.75) is 10.9 Å². The van der Waals surface area contributed by atoms with Crippen LogP contribution >= 0.6 is 11.8 Å². The van der Waals surface area contributed by atoms with E-state index in [2.05, 4.69) is 15.4 Å². The zero-order valence-electron chi connectivity index (χ0n) is 11.2. The molecule has 21 heavy (non-hydrogen) atoms. The van der Waals surface area contributed by atoms with Crippen molar-refractivity contribution in [3.05, 3.63) is 23.8 Å². The third-order valence-corrected chi connectivity index (χ3v) is 3.92. The number of benzene rings is 1. The number of aliphatic hydroxyl groups excluding tert-OH is 1. The van der Waals surface area contributed by atoms with Crippen LogP contribution in [0.4, 0.5) is 5.69 Å². The molecule has 3 N–H and O–H groups in total. The number of carbonyl (C=O) groups excluding carboxylic acids is 3. The SMILES string of the molecule is COC(=O)C(CO)NC(=O)c1ccc2c(c1)NC(=O)CS2. The molecule has 1 heterocycles. The van der Waals surface area contributed by atoms with Gasteiger partial charge >= 0.3 is 5.97 Å². The second kappa shape index (κ2) is 6.59. The summed E-state index contributed by atoms with van der Waals surface area (Å²) in [5, 5.41) is 14.1. The molecule has 1 aliphatic rings. The van der Waals surface area contributed by atoms with Crippen LogP contribution < -0.4 is 10.6 Å². The number of rotatable bonds is 4. The Balaban J connectivity index is 2.14. The van der Waals surface area contributed by atoms with Gasteiger partial charge in [0.05, 0.1) is 25.2 Å². The summed E-state index contributed by atoms with van der Waals surface area (Å²) in [5.41, 5.74) is 0.835. The van der Waals surface area contributed by atoms with Crippen molar-refractivity contribution in [2.24, 2.45) is 0 Å². The number of methoxy groups -OCH3 is 1. The molecule has 8 heteroatoms. The molecule has 1 aromatic carbocycles. The minimum Gasteiger partial charge on any atom is -0.467 e. The number of hydrogen-bond donors (Lipinski definition) is 3. The number of nitrogens with one attached hydrogen (secondary N) is 2. The second-order valence-electron chi connectivity index (χ2n) is 4.28. The Hall–Kier alpha value is -2.06. The van der Waals surface area contributed by atoms with Crippen molar-refractivity contribution in [3.63, 3.8) is 0 Å². The van der Waals surface area contributed by atoms with E-state index < -0.39 is 24.5 Å². The first-order chi connectivity index (χ1) is 10.0. The smallest absolute Gasteiger partial charge is 0.330 e. The van der Waals surface area contributed by atoms with Crippen LogP contribution in [0.5, 0.6) is 0 Å². The number of ether oxygens (including phenoxy) is 1. The number of carbonyl (C=O) groups is 3. The Morgan fingerprint density at radius 2 is 2.29 bits per heavy atom. The standard InChI is InChI=1S/C13H14N2O5S/c1-20-13(19)9(5-16)15-12(18)7-2-3-10-8(4-7)14-11(17)6-21-10/h2-4,9,16H,5-6H2,1H3,(H,14,17)(H,15,18). The zero-order chi connectivity index (χ0) is 15.4. The summed E-state index contributed by atoms with van der Waals surface area (Å²) in [6.45, 7) is -0.560. The van der Waals surface area contributed by atoms with Crippen LogP contribution in [0.1, 0.15) is 10.4 Å². The summed E-state index contributed by atoms with van der Waals surface area (Å²) >= 11 is 1.39. The summed E-state index contributed by atoms with van der Waals surface area (Å²) in [4.78, 5) is 35.6. The van der Waals surface area contributed by atoms with Crippen LogP contribution in [0.2, 0.25) is 0 Å². The number of amides is 2. The lowest BCUT2D eigenvalue weighted by Gasteiger charge is -2.18. The maximum atomic E-state index is 12.1. The van der Waals surface area contributed by atoms with Gasteiger partial charge in [-0.05, 0) is 18.2 Å². The predicted octanol–water partition coefficient (Wildman–Crippen LogP) is -0.00550.